The summed E-state index contributed by atoms with van der Waals surface area (Å²) in [5, 5.41) is 14.8. The second-order valence-corrected chi connectivity index (χ2v) is 7.22. The molecule has 0 fully saturated rings. The van der Waals surface area contributed by atoms with E-state index >= 15 is 0 Å². The zero-order valence-electron chi connectivity index (χ0n) is 13.4. The predicted octanol–water partition coefficient (Wildman–Crippen LogP) is 3.90. The second kappa shape index (κ2) is 7.62. The van der Waals surface area contributed by atoms with Crippen LogP contribution in [0.3, 0.4) is 0 Å². The first-order valence-corrected chi connectivity index (χ1v) is 9.57. The Bertz CT molecular complexity index is 907. The molecule has 25 heavy (non-hydrogen) atoms. The lowest BCUT2D eigenvalue weighted by Crippen LogP contribution is -2.26. The lowest BCUT2D eigenvalue weighted by Gasteiger charge is -2.06. The normalized spacial score (nSPS) is 10.8. The van der Waals surface area contributed by atoms with Crippen molar-refractivity contribution in [1.82, 2.24) is 10.3 Å². The summed E-state index contributed by atoms with van der Waals surface area (Å²) in [7, 11) is 0. The highest BCUT2D eigenvalue weighted by Crippen LogP contribution is 2.25. The highest BCUT2D eigenvalue weighted by atomic mass is 32.2. The molecule has 0 aliphatic rings. The molecule has 0 saturated carbocycles. The van der Waals surface area contributed by atoms with Gasteiger partial charge in [0.05, 0.1) is 20.1 Å². The van der Waals surface area contributed by atoms with Gasteiger partial charge >= 0.3 is 0 Å². The van der Waals surface area contributed by atoms with Gasteiger partial charge in [-0.3, -0.25) is 14.9 Å². The molecular weight excluding hydrogens is 358 g/mol. The largest absolute Gasteiger partial charge is 0.351 e. The number of nitro benzene ring substituents is 1. The summed E-state index contributed by atoms with van der Waals surface area (Å²) in [6.45, 7) is 0.374. The summed E-state index contributed by atoms with van der Waals surface area (Å²) in [6.07, 6.45) is 2.44. The molecule has 0 aliphatic heterocycles. The summed E-state index contributed by atoms with van der Waals surface area (Å²) in [5.74, 6) is -0.441. The van der Waals surface area contributed by atoms with E-state index in [1.54, 1.807) is 23.5 Å². The fourth-order valence-corrected chi connectivity index (χ4v) is 3.79. The van der Waals surface area contributed by atoms with Crippen molar-refractivity contribution in [3.8, 4) is 0 Å². The third-order valence-electron chi connectivity index (χ3n) is 3.61. The van der Waals surface area contributed by atoms with E-state index in [0.29, 0.717) is 13.0 Å². The number of hydrogen-bond donors (Lipinski definition) is 1. The fourth-order valence-electron chi connectivity index (χ4n) is 2.39. The maximum atomic E-state index is 12.4. The highest BCUT2D eigenvalue weighted by Gasteiger charge is 2.20. The van der Waals surface area contributed by atoms with Crippen molar-refractivity contribution >= 4 is 44.9 Å². The van der Waals surface area contributed by atoms with Gasteiger partial charge in [0, 0.05) is 23.9 Å². The van der Waals surface area contributed by atoms with Crippen molar-refractivity contribution in [2.24, 2.45) is 0 Å². The lowest BCUT2D eigenvalue weighted by molar-refractivity contribution is -0.385. The number of rotatable bonds is 6. The van der Waals surface area contributed by atoms with Gasteiger partial charge in [-0.2, -0.15) is 0 Å². The van der Waals surface area contributed by atoms with Crippen LogP contribution in [0.2, 0.25) is 0 Å². The van der Waals surface area contributed by atoms with Gasteiger partial charge in [-0.05, 0) is 30.5 Å². The number of carbonyl (C=O) groups is 1. The van der Waals surface area contributed by atoms with Crippen LogP contribution in [0.15, 0.2) is 47.4 Å². The molecular formula is C17H15N3O3S2. The highest BCUT2D eigenvalue weighted by molar-refractivity contribution is 7.98. The summed E-state index contributed by atoms with van der Waals surface area (Å²) < 4.78 is 1.10. The number of hydrogen-bond acceptors (Lipinski definition) is 6. The SMILES string of the molecule is CSc1ccc([N+](=O)[O-])c(C(=O)NCCc2nc3ccccc3s2)c1. The van der Waals surface area contributed by atoms with E-state index in [4.69, 9.17) is 0 Å². The molecule has 0 unspecified atom stereocenters. The van der Waals surface area contributed by atoms with Crippen LogP contribution in [0, 0.1) is 10.1 Å². The molecule has 1 N–H and O–H groups in total. The first kappa shape index (κ1) is 17.4. The molecule has 0 bridgehead atoms. The first-order chi connectivity index (χ1) is 12.1. The van der Waals surface area contributed by atoms with E-state index in [0.717, 1.165) is 20.1 Å². The number of nitrogens with one attached hydrogen (secondary N) is 1. The Morgan fingerprint density at radius 2 is 2.12 bits per heavy atom. The van der Waals surface area contributed by atoms with Crippen LogP contribution in [0.4, 0.5) is 5.69 Å². The van der Waals surface area contributed by atoms with Gasteiger partial charge in [0.1, 0.15) is 5.56 Å². The van der Waals surface area contributed by atoms with E-state index in [-0.39, 0.29) is 11.3 Å². The predicted molar refractivity (Wildman–Crippen MR) is 101 cm³/mol. The Morgan fingerprint density at radius 3 is 2.84 bits per heavy atom. The van der Waals surface area contributed by atoms with Crippen molar-refractivity contribution in [2.45, 2.75) is 11.3 Å². The maximum absolute atomic E-state index is 12.4. The Morgan fingerprint density at radius 1 is 1.32 bits per heavy atom. The number of carbonyl (C=O) groups excluding carboxylic acids is 1. The Labute approximate surface area is 152 Å². The van der Waals surface area contributed by atoms with Crippen LogP contribution < -0.4 is 5.32 Å². The molecule has 6 nitrogen and oxygen atoms in total. The zero-order valence-corrected chi connectivity index (χ0v) is 15.0. The molecule has 0 radical (unpaired) electrons. The first-order valence-electron chi connectivity index (χ1n) is 7.53. The smallest absolute Gasteiger partial charge is 0.282 e. The van der Waals surface area contributed by atoms with Gasteiger partial charge in [-0.25, -0.2) is 4.98 Å². The molecule has 1 heterocycles. The zero-order chi connectivity index (χ0) is 17.8. The summed E-state index contributed by atoms with van der Waals surface area (Å²) in [6, 6.07) is 12.4. The standard InChI is InChI=1S/C17H15N3O3S2/c1-24-11-6-7-14(20(22)23)12(10-11)17(21)18-9-8-16-19-13-4-2-3-5-15(13)25-16/h2-7,10H,8-9H2,1H3,(H,18,21). The van der Waals surface area contributed by atoms with Crippen molar-refractivity contribution in [1.29, 1.82) is 0 Å². The molecule has 0 spiro atoms. The Kier molecular flexibility index (Phi) is 5.30. The van der Waals surface area contributed by atoms with Crippen LogP contribution in [-0.4, -0.2) is 28.6 Å². The Hall–Kier alpha value is -2.45. The van der Waals surface area contributed by atoms with Gasteiger partial charge in [0.2, 0.25) is 0 Å². The fraction of sp³-hybridized carbons (Fsp3) is 0.176. The quantitative estimate of drug-likeness (QED) is 0.402. The molecule has 2 aromatic carbocycles. The number of thiazole rings is 1. The van der Waals surface area contributed by atoms with E-state index in [2.05, 4.69) is 10.3 Å². The Balaban J connectivity index is 1.69. The molecule has 0 aliphatic carbocycles. The van der Waals surface area contributed by atoms with Crippen molar-refractivity contribution in [2.75, 3.05) is 12.8 Å². The minimum Gasteiger partial charge on any atom is -0.351 e. The number of aromatic nitrogens is 1. The third kappa shape index (κ3) is 3.97. The lowest BCUT2D eigenvalue weighted by atomic mass is 10.1. The molecule has 1 aromatic heterocycles. The van der Waals surface area contributed by atoms with Gasteiger partial charge in [0.15, 0.2) is 0 Å². The number of amides is 1. The van der Waals surface area contributed by atoms with E-state index in [1.165, 1.54) is 17.8 Å². The summed E-state index contributed by atoms with van der Waals surface area (Å²) in [5.41, 5.74) is 0.841. The molecule has 128 valence electrons. The number of nitro groups is 1. The number of nitrogens with zero attached hydrogens (tertiary/aromatic N) is 2. The number of para-hydroxylation sites is 1. The molecule has 3 aromatic rings. The van der Waals surface area contributed by atoms with Crippen LogP contribution in [-0.2, 0) is 6.42 Å². The summed E-state index contributed by atoms with van der Waals surface area (Å²) in [4.78, 5) is 28.3. The van der Waals surface area contributed by atoms with Crippen LogP contribution in [0.5, 0.6) is 0 Å². The maximum Gasteiger partial charge on any atom is 0.282 e. The van der Waals surface area contributed by atoms with Gasteiger partial charge in [-0.1, -0.05) is 12.1 Å². The average Bonchev–Trinajstić information content (AvgIpc) is 3.03. The molecule has 8 heteroatoms. The molecule has 3 rings (SSSR count). The van der Waals surface area contributed by atoms with Gasteiger partial charge < -0.3 is 5.32 Å². The topological polar surface area (TPSA) is 85.1 Å². The number of fused-ring (bicyclic) bond motifs is 1. The van der Waals surface area contributed by atoms with E-state index in [9.17, 15) is 14.9 Å². The molecule has 1 amide bonds. The minimum atomic E-state index is -0.535. The van der Waals surface area contributed by atoms with E-state index < -0.39 is 10.8 Å². The monoisotopic (exact) mass is 373 g/mol. The van der Waals surface area contributed by atoms with Gasteiger partial charge in [-0.15, -0.1) is 23.1 Å². The number of thioether (sulfide) groups is 1. The van der Waals surface area contributed by atoms with Crippen LogP contribution in [0.25, 0.3) is 10.2 Å². The minimum absolute atomic E-state index is 0.0844. The third-order valence-corrected chi connectivity index (χ3v) is 5.43. The van der Waals surface area contributed by atoms with Crippen LogP contribution >= 0.6 is 23.1 Å². The van der Waals surface area contributed by atoms with Gasteiger partial charge in [0.25, 0.3) is 11.6 Å². The van der Waals surface area contributed by atoms with Crippen molar-refractivity contribution in [3.63, 3.8) is 0 Å². The van der Waals surface area contributed by atoms with E-state index in [1.807, 2.05) is 30.5 Å². The van der Waals surface area contributed by atoms with Crippen LogP contribution in [0.1, 0.15) is 15.4 Å². The molecule has 0 atom stereocenters. The second-order valence-electron chi connectivity index (χ2n) is 5.22. The number of benzene rings is 2. The van der Waals surface area contributed by atoms with Crippen molar-refractivity contribution in [3.05, 3.63) is 63.1 Å². The van der Waals surface area contributed by atoms with Crippen molar-refractivity contribution < 1.29 is 9.72 Å². The molecule has 0 saturated heterocycles. The average molecular weight is 373 g/mol. The summed E-state index contributed by atoms with van der Waals surface area (Å²) >= 11 is 3.02.